The predicted molar refractivity (Wildman–Crippen MR) is 101 cm³/mol. The lowest BCUT2D eigenvalue weighted by Gasteiger charge is -2.27. The molecule has 5 heteroatoms. The molecule has 1 aliphatic rings. The lowest BCUT2D eigenvalue weighted by atomic mass is 10.1. The monoisotopic (exact) mass is 348 g/mol. The van der Waals surface area contributed by atoms with Gasteiger partial charge in [-0.15, -0.1) is 0 Å². The second-order valence-corrected chi connectivity index (χ2v) is 7.36. The van der Waals surface area contributed by atoms with E-state index in [1.54, 1.807) is 0 Å². The number of aryl methyl sites for hydroxylation is 1. The maximum absolute atomic E-state index is 5.54. The Bertz CT molecular complexity index is 899. The zero-order chi connectivity index (χ0) is 18.1. The van der Waals surface area contributed by atoms with Crippen LogP contribution in [0.5, 0.6) is 0 Å². The van der Waals surface area contributed by atoms with Crippen molar-refractivity contribution >= 4 is 0 Å². The molecule has 0 saturated carbocycles. The second-order valence-electron chi connectivity index (χ2n) is 7.36. The van der Waals surface area contributed by atoms with Gasteiger partial charge < -0.3 is 4.52 Å². The number of hydrogen-bond acceptors (Lipinski definition) is 5. The second kappa shape index (κ2) is 7.00. The van der Waals surface area contributed by atoms with E-state index >= 15 is 0 Å². The van der Waals surface area contributed by atoms with Gasteiger partial charge in [0, 0.05) is 61.1 Å². The zero-order valence-corrected chi connectivity index (χ0v) is 15.6. The lowest BCUT2D eigenvalue weighted by Crippen LogP contribution is -2.31. The summed E-state index contributed by atoms with van der Waals surface area (Å²) in [5.41, 5.74) is 5.68. The van der Waals surface area contributed by atoms with Crippen molar-refractivity contribution in [2.75, 3.05) is 6.54 Å². The number of fused-ring (bicyclic) bond motifs is 1. The van der Waals surface area contributed by atoms with Crippen LogP contribution < -0.4 is 0 Å². The van der Waals surface area contributed by atoms with Gasteiger partial charge in [0.1, 0.15) is 5.82 Å². The van der Waals surface area contributed by atoms with Crippen LogP contribution in [-0.4, -0.2) is 26.6 Å². The predicted octanol–water partition coefficient (Wildman–Crippen LogP) is 4.12. The Balaban J connectivity index is 1.45. The maximum atomic E-state index is 5.54. The van der Waals surface area contributed by atoms with Crippen LogP contribution in [0.15, 0.2) is 41.1 Å². The van der Waals surface area contributed by atoms with E-state index in [4.69, 9.17) is 9.51 Å². The molecular weight excluding hydrogens is 324 g/mol. The van der Waals surface area contributed by atoms with Crippen molar-refractivity contribution in [2.45, 2.75) is 46.2 Å². The number of benzene rings is 1. The molecular formula is C21H24N4O. The van der Waals surface area contributed by atoms with E-state index < -0.39 is 0 Å². The maximum Gasteiger partial charge on any atom is 0.167 e. The molecule has 1 aromatic carbocycles. The SMILES string of the molecule is Cc1ccc(-c2cc(CN3CCc4nc(C(C)C)ncc4C3)no2)cc1. The highest BCUT2D eigenvalue weighted by molar-refractivity contribution is 5.57. The molecule has 4 rings (SSSR count). The van der Waals surface area contributed by atoms with Gasteiger partial charge in [0.25, 0.3) is 0 Å². The molecule has 5 nitrogen and oxygen atoms in total. The first-order chi connectivity index (χ1) is 12.6. The summed E-state index contributed by atoms with van der Waals surface area (Å²) < 4.78 is 5.54. The van der Waals surface area contributed by atoms with Crippen molar-refractivity contribution in [1.82, 2.24) is 20.0 Å². The number of aromatic nitrogens is 3. The fourth-order valence-electron chi connectivity index (χ4n) is 3.27. The van der Waals surface area contributed by atoms with E-state index in [-0.39, 0.29) is 0 Å². The Morgan fingerprint density at radius 3 is 2.77 bits per heavy atom. The minimum Gasteiger partial charge on any atom is -0.356 e. The van der Waals surface area contributed by atoms with Gasteiger partial charge in [-0.05, 0) is 6.92 Å². The molecule has 134 valence electrons. The summed E-state index contributed by atoms with van der Waals surface area (Å²) >= 11 is 0. The van der Waals surface area contributed by atoms with Crippen LogP contribution in [0.1, 0.15) is 48.1 Å². The van der Waals surface area contributed by atoms with Crippen molar-refractivity contribution in [1.29, 1.82) is 0 Å². The van der Waals surface area contributed by atoms with Crippen LogP contribution >= 0.6 is 0 Å². The lowest BCUT2D eigenvalue weighted by molar-refractivity contribution is 0.235. The molecule has 0 radical (unpaired) electrons. The summed E-state index contributed by atoms with van der Waals surface area (Å²) in [7, 11) is 0. The third kappa shape index (κ3) is 3.53. The topological polar surface area (TPSA) is 55.1 Å². The van der Waals surface area contributed by atoms with Gasteiger partial charge >= 0.3 is 0 Å². The van der Waals surface area contributed by atoms with Crippen molar-refractivity contribution in [3.05, 3.63) is 64.9 Å². The van der Waals surface area contributed by atoms with E-state index in [1.807, 2.05) is 12.3 Å². The minimum absolute atomic E-state index is 0.369. The van der Waals surface area contributed by atoms with Crippen LogP contribution in [0.25, 0.3) is 11.3 Å². The highest BCUT2D eigenvalue weighted by Crippen LogP contribution is 2.24. The molecule has 0 spiro atoms. The van der Waals surface area contributed by atoms with Gasteiger partial charge in [-0.3, -0.25) is 4.90 Å². The molecule has 0 bridgehead atoms. The fraction of sp³-hybridized carbons (Fsp3) is 0.381. The molecule has 26 heavy (non-hydrogen) atoms. The molecule has 0 fully saturated rings. The Morgan fingerprint density at radius 1 is 1.19 bits per heavy atom. The molecule has 1 aliphatic heterocycles. The number of nitrogens with zero attached hydrogens (tertiary/aromatic N) is 4. The first kappa shape index (κ1) is 16.9. The molecule has 3 heterocycles. The van der Waals surface area contributed by atoms with E-state index in [2.05, 4.69) is 60.1 Å². The summed E-state index contributed by atoms with van der Waals surface area (Å²) in [4.78, 5) is 11.6. The van der Waals surface area contributed by atoms with Crippen molar-refractivity contribution in [2.24, 2.45) is 0 Å². The Hall–Kier alpha value is -2.53. The van der Waals surface area contributed by atoms with Crippen LogP contribution in [0.4, 0.5) is 0 Å². The van der Waals surface area contributed by atoms with Gasteiger partial charge in [-0.25, -0.2) is 9.97 Å². The van der Waals surface area contributed by atoms with E-state index in [9.17, 15) is 0 Å². The number of rotatable bonds is 4. The summed E-state index contributed by atoms with van der Waals surface area (Å²) in [5.74, 6) is 2.13. The highest BCUT2D eigenvalue weighted by atomic mass is 16.5. The molecule has 2 aromatic heterocycles. The van der Waals surface area contributed by atoms with Crippen LogP contribution in [0.2, 0.25) is 0 Å². The van der Waals surface area contributed by atoms with Crippen LogP contribution in [0.3, 0.4) is 0 Å². The van der Waals surface area contributed by atoms with Gasteiger partial charge in [0.2, 0.25) is 0 Å². The summed E-state index contributed by atoms with van der Waals surface area (Å²) in [6, 6.07) is 10.4. The fourth-order valence-corrected chi connectivity index (χ4v) is 3.27. The number of hydrogen-bond donors (Lipinski definition) is 0. The summed E-state index contributed by atoms with van der Waals surface area (Å²) in [6.45, 7) is 8.97. The van der Waals surface area contributed by atoms with Gasteiger partial charge in [-0.1, -0.05) is 48.8 Å². The molecule has 0 unspecified atom stereocenters. The van der Waals surface area contributed by atoms with Crippen LogP contribution in [-0.2, 0) is 19.5 Å². The smallest absolute Gasteiger partial charge is 0.167 e. The Morgan fingerprint density at radius 2 is 2.00 bits per heavy atom. The highest BCUT2D eigenvalue weighted by Gasteiger charge is 2.20. The largest absolute Gasteiger partial charge is 0.356 e. The van der Waals surface area contributed by atoms with Gasteiger partial charge in [-0.2, -0.15) is 0 Å². The Labute approximate surface area is 154 Å². The molecule has 0 aliphatic carbocycles. The van der Waals surface area contributed by atoms with Gasteiger partial charge in [0.05, 0.1) is 5.69 Å². The van der Waals surface area contributed by atoms with Crippen molar-refractivity contribution in [3.8, 4) is 11.3 Å². The average Bonchev–Trinajstić information content (AvgIpc) is 3.10. The van der Waals surface area contributed by atoms with E-state index in [1.165, 1.54) is 16.8 Å². The Kier molecular flexibility index (Phi) is 4.55. The van der Waals surface area contributed by atoms with E-state index in [0.717, 1.165) is 48.9 Å². The molecule has 0 atom stereocenters. The summed E-state index contributed by atoms with van der Waals surface area (Å²) in [6.07, 6.45) is 2.95. The third-order valence-electron chi connectivity index (χ3n) is 4.83. The molecule has 0 N–H and O–H groups in total. The molecule has 3 aromatic rings. The van der Waals surface area contributed by atoms with Crippen LogP contribution in [0, 0.1) is 6.92 Å². The average molecular weight is 348 g/mol. The first-order valence-electron chi connectivity index (χ1n) is 9.18. The normalized spacial score (nSPS) is 14.6. The first-order valence-corrected chi connectivity index (χ1v) is 9.18. The standard InChI is InChI=1S/C21H24N4O/c1-14(2)21-22-11-17-12-25(9-8-19(17)23-21)13-18-10-20(26-24-18)16-6-4-15(3)5-7-16/h4-7,10-11,14H,8-9,12-13H2,1-3H3. The summed E-state index contributed by atoms with van der Waals surface area (Å²) in [5, 5.41) is 4.25. The van der Waals surface area contributed by atoms with E-state index in [0.29, 0.717) is 5.92 Å². The van der Waals surface area contributed by atoms with Gasteiger partial charge in [0.15, 0.2) is 5.76 Å². The molecule has 0 amide bonds. The van der Waals surface area contributed by atoms with Crippen molar-refractivity contribution in [3.63, 3.8) is 0 Å². The molecule has 0 saturated heterocycles. The quantitative estimate of drug-likeness (QED) is 0.710. The zero-order valence-electron chi connectivity index (χ0n) is 15.6. The third-order valence-corrected chi connectivity index (χ3v) is 4.83. The van der Waals surface area contributed by atoms with Crippen molar-refractivity contribution < 1.29 is 4.52 Å². The minimum atomic E-state index is 0.369.